The minimum absolute atomic E-state index is 0.228. The summed E-state index contributed by atoms with van der Waals surface area (Å²) in [5.74, 6) is 1.23. The molecule has 0 aliphatic heterocycles. The van der Waals surface area contributed by atoms with Crippen LogP contribution >= 0.6 is 0 Å². The lowest BCUT2D eigenvalue weighted by Crippen LogP contribution is -2.12. The van der Waals surface area contributed by atoms with Gasteiger partial charge >= 0.3 is 15.9 Å². The maximum Gasteiger partial charge on any atom is 0.668 e. The van der Waals surface area contributed by atoms with Crippen LogP contribution in [-0.2, 0) is 7.58 Å². The van der Waals surface area contributed by atoms with E-state index in [2.05, 4.69) is 27.7 Å². The van der Waals surface area contributed by atoms with E-state index in [1.807, 2.05) is 0 Å². The van der Waals surface area contributed by atoms with Crippen molar-refractivity contribution >= 4 is 15.9 Å². The third-order valence-electron chi connectivity index (χ3n) is 0.995. The second-order valence-electron chi connectivity index (χ2n) is 3.55. The molecule has 0 spiro atoms. The van der Waals surface area contributed by atoms with E-state index in [4.69, 9.17) is 7.58 Å². The monoisotopic (exact) mass is 173 g/mol. The highest BCUT2D eigenvalue weighted by Gasteiger charge is 2.00. The normalized spacial score (nSPS) is 11.1. The Morgan fingerprint density at radius 3 is 1.55 bits per heavy atom. The van der Waals surface area contributed by atoms with Gasteiger partial charge in [-0.3, -0.25) is 0 Å². The average Bonchev–Trinajstić information content (AvgIpc) is 1.85. The molecule has 0 aromatic carbocycles. The molecule has 0 bridgehead atoms. The number of hydrogen-bond acceptors (Lipinski definition) is 2. The van der Waals surface area contributed by atoms with E-state index in [0.29, 0.717) is 11.8 Å². The maximum atomic E-state index is 5.31. The van der Waals surface area contributed by atoms with Gasteiger partial charge in [0, 0.05) is 13.2 Å². The van der Waals surface area contributed by atoms with Crippen molar-refractivity contribution in [1.82, 2.24) is 0 Å². The van der Waals surface area contributed by atoms with Crippen molar-refractivity contribution in [3.05, 3.63) is 0 Å². The molecule has 3 heteroatoms. The molecule has 0 unspecified atom stereocenters. The topological polar surface area (TPSA) is 18.5 Å². The zero-order valence-corrected chi connectivity index (χ0v) is 9.12. The van der Waals surface area contributed by atoms with E-state index in [-0.39, 0.29) is 15.9 Å². The summed E-state index contributed by atoms with van der Waals surface area (Å²) in [6.45, 7) is 10.2. The predicted molar refractivity (Wildman–Crippen MR) is 47.3 cm³/mol. The Kier molecular flexibility index (Phi) is 7.41. The van der Waals surface area contributed by atoms with Crippen molar-refractivity contribution in [2.45, 2.75) is 27.7 Å². The molecule has 0 aromatic rings. The Bertz CT molecular complexity index is 74.2. The third-order valence-corrected chi connectivity index (χ3v) is 1.65. The molecule has 0 aliphatic carbocycles. The summed E-state index contributed by atoms with van der Waals surface area (Å²) in [5.41, 5.74) is 0. The molecule has 11 heavy (non-hydrogen) atoms. The smallest absolute Gasteiger partial charge is 0.483 e. The molecule has 0 atom stereocenters. The van der Waals surface area contributed by atoms with Gasteiger partial charge in [0.1, 0.15) is 0 Å². The van der Waals surface area contributed by atoms with Gasteiger partial charge in [-0.15, -0.1) is 0 Å². The predicted octanol–water partition coefficient (Wildman–Crippen LogP) is 1.87. The minimum Gasteiger partial charge on any atom is -0.483 e. The zero-order valence-electron chi connectivity index (χ0n) is 7.96. The molecule has 0 saturated carbocycles. The van der Waals surface area contributed by atoms with Gasteiger partial charge in [-0.05, 0) is 11.8 Å². The van der Waals surface area contributed by atoms with Crippen LogP contribution in [-0.4, -0.2) is 29.1 Å². The van der Waals surface area contributed by atoms with Gasteiger partial charge in [-0.25, -0.2) is 0 Å². The summed E-state index contributed by atoms with van der Waals surface area (Å²) in [4.78, 5) is 0. The van der Waals surface area contributed by atoms with Crippen molar-refractivity contribution < 1.29 is 7.58 Å². The summed E-state index contributed by atoms with van der Waals surface area (Å²) in [6, 6.07) is 0. The summed E-state index contributed by atoms with van der Waals surface area (Å²) in [6.07, 6.45) is 0. The summed E-state index contributed by atoms with van der Waals surface area (Å²) >= 11 is -0.228. The molecule has 0 amide bonds. The largest absolute Gasteiger partial charge is 0.668 e. The Morgan fingerprint density at radius 2 is 1.27 bits per heavy atom. The van der Waals surface area contributed by atoms with E-state index in [1.165, 1.54) is 0 Å². The van der Waals surface area contributed by atoms with Crippen LogP contribution in [0.15, 0.2) is 0 Å². The van der Waals surface area contributed by atoms with Gasteiger partial charge in [0.15, 0.2) is 0 Å². The lowest BCUT2D eigenvalue weighted by atomic mass is 10.2. The number of hydrogen-bond donors (Lipinski definition) is 0. The molecule has 2 nitrogen and oxygen atoms in total. The van der Waals surface area contributed by atoms with Gasteiger partial charge in [0.25, 0.3) is 0 Å². The first-order valence-corrected chi connectivity index (χ1v) is 5.12. The third kappa shape index (κ3) is 10.5. The van der Waals surface area contributed by atoms with Crippen LogP contribution in [0.4, 0.5) is 0 Å². The lowest BCUT2D eigenvalue weighted by molar-refractivity contribution is 0.185. The Balaban J connectivity index is 2.91. The van der Waals surface area contributed by atoms with E-state index in [9.17, 15) is 0 Å². The molecule has 0 fully saturated rings. The van der Waals surface area contributed by atoms with Gasteiger partial charge < -0.3 is 7.58 Å². The van der Waals surface area contributed by atoms with Crippen LogP contribution in [0.2, 0.25) is 0 Å². The molecule has 0 rings (SSSR count). The standard InChI is InChI=1S/2C4H9O.Al/c2*1-4(2)3-5;/h2*4H,3H2,1-2H3;/q2*-1;+2. The van der Waals surface area contributed by atoms with E-state index in [0.717, 1.165) is 13.2 Å². The van der Waals surface area contributed by atoms with E-state index in [1.54, 1.807) is 0 Å². The molecule has 65 valence electrons. The van der Waals surface area contributed by atoms with Crippen LogP contribution in [0.1, 0.15) is 27.7 Å². The summed E-state index contributed by atoms with van der Waals surface area (Å²) in [7, 11) is 0. The molecular weight excluding hydrogens is 155 g/mol. The molecular formula is C8H18AlO2. The van der Waals surface area contributed by atoms with Crippen molar-refractivity contribution in [2.75, 3.05) is 13.2 Å². The van der Waals surface area contributed by atoms with Crippen molar-refractivity contribution in [3.8, 4) is 0 Å². The van der Waals surface area contributed by atoms with Gasteiger partial charge in [0.05, 0.1) is 0 Å². The first-order chi connectivity index (χ1) is 5.13. The highest BCUT2D eigenvalue weighted by Crippen LogP contribution is 1.93. The number of rotatable bonds is 6. The van der Waals surface area contributed by atoms with Gasteiger partial charge in [-0.2, -0.15) is 0 Å². The van der Waals surface area contributed by atoms with Crippen LogP contribution < -0.4 is 0 Å². The Hall–Kier alpha value is 0.452. The van der Waals surface area contributed by atoms with Crippen LogP contribution in [0, 0.1) is 11.8 Å². The SMILES string of the molecule is CC(C)C[O][Al][O]CC(C)C. The van der Waals surface area contributed by atoms with Gasteiger partial charge in [0.2, 0.25) is 0 Å². The highest BCUT2D eigenvalue weighted by atomic mass is 27.2. The van der Waals surface area contributed by atoms with E-state index < -0.39 is 0 Å². The van der Waals surface area contributed by atoms with Crippen molar-refractivity contribution in [1.29, 1.82) is 0 Å². The average molecular weight is 173 g/mol. The fraction of sp³-hybridized carbons (Fsp3) is 1.00. The second kappa shape index (κ2) is 7.12. The van der Waals surface area contributed by atoms with E-state index >= 15 is 0 Å². The maximum absolute atomic E-state index is 5.31. The highest BCUT2D eigenvalue weighted by molar-refractivity contribution is 6.17. The Morgan fingerprint density at radius 1 is 0.909 bits per heavy atom. The van der Waals surface area contributed by atoms with Crippen LogP contribution in [0.3, 0.4) is 0 Å². The van der Waals surface area contributed by atoms with Crippen LogP contribution in [0.5, 0.6) is 0 Å². The lowest BCUT2D eigenvalue weighted by Gasteiger charge is -2.08. The quantitative estimate of drug-likeness (QED) is 0.451. The van der Waals surface area contributed by atoms with Crippen LogP contribution in [0.25, 0.3) is 0 Å². The molecule has 1 radical (unpaired) electrons. The summed E-state index contributed by atoms with van der Waals surface area (Å²) < 4.78 is 10.6. The van der Waals surface area contributed by atoms with Crippen molar-refractivity contribution in [2.24, 2.45) is 11.8 Å². The zero-order chi connectivity index (χ0) is 8.69. The molecule has 0 heterocycles. The second-order valence-corrected chi connectivity index (χ2v) is 4.41. The minimum atomic E-state index is -0.228. The van der Waals surface area contributed by atoms with Crippen molar-refractivity contribution in [3.63, 3.8) is 0 Å². The molecule has 0 N–H and O–H groups in total. The fourth-order valence-electron chi connectivity index (χ4n) is 0.512. The van der Waals surface area contributed by atoms with Gasteiger partial charge in [-0.1, -0.05) is 27.7 Å². The molecule has 0 aromatic heterocycles. The molecule has 0 aliphatic rings. The first-order valence-electron chi connectivity index (χ1n) is 4.17. The Labute approximate surface area is 76.7 Å². The molecule has 0 saturated heterocycles. The summed E-state index contributed by atoms with van der Waals surface area (Å²) in [5, 5.41) is 0. The first kappa shape index (κ1) is 11.5. The fourth-order valence-corrected chi connectivity index (χ4v) is 1.53.